The van der Waals surface area contributed by atoms with Gasteiger partial charge in [-0.3, -0.25) is 4.79 Å². The van der Waals surface area contributed by atoms with Crippen molar-refractivity contribution in [3.05, 3.63) is 33.8 Å². The molecule has 20 heavy (non-hydrogen) atoms. The molecular weight excluding hydrogens is 305 g/mol. The van der Waals surface area contributed by atoms with Crippen LogP contribution in [-0.4, -0.2) is 47.1 Å². The van der Waals surface area contributed by atoms with E-state index in [1.54, 1.807) is 13.0 Å². The highest BCUT2D eigenvalue weighted by molar-refractivity contribution is 6.42. The first-order valence-electron chi connectivity index (χ1n) is 6.14. The van der Waals surface area contributed by atoms with Crippen LogP contribution >= 0.6 is 23.2 Å². The van der Waals surface area contributed by atoms with Gasteiger partial charge in [0, 0.05) is 5.56 Å². The van der Waals surface area contributed by atoms with Gasteiger partial charge in [0.2, 0.25) is 0 Å². The quantitative estimate of drug-likeness (QED) is 0.783. The van der Waals surface area contributed by atoms with Gasteiger partial charge in [0.25, 0.3) is 5.91 Å². The molecule has 1 aromatic carbocycles. The standard InChI is InChI=1S/C13H15Cl2NO4/c1-6-11(12(18)10(5-17)20-6)16-13(19)7-2-3-8(14)9(15)4-7/h2-4,6,10-12,17-18H,5H2,1H3,(H,16,19)/t6-,10+,11?,12-/m0/s1. The van der Waals surface area contributed by atoms with Crippen LogP contribution < -0.4 is 5.32 Å². The molecule has 4 atom stereocenters. The Kier molecular flexibility index (Phi) is 4.88. The van der Waals surface area contributed by atoms with Crippen LogP contribution in [0.1, 0.15) is 17.3 Å². The fourth-order valence-corrected chi connectivity index (χ4v) is 2.47. The summed E-state index contributed by atoms with van der Waals surface area (Å²) in [5.41, 5.74) is 0.339. The molecule has 110 valence electrons. The van der Waals surface area contributed by atoms with E-state index in [9.17, 15) is 9.90 Å². The molecule has 2 rings (SSSR count). The van der Waals surface area contributed by atoms with E-state index < -0.39 is 24.4 Å². The number of ether oxygens (including phenoxy) is 1. The summed E-state index contributed by atoms with van der Waals surface area (Å²) in [6.45, 7) is 1.42. The Bertz CT molecular complexity index is 511. The molecule has 7 heteroatoms. The minimum atomic E-state index is -0.957. The third-order valence-corrected chi connectivity index (χ3v) is 4.04. The van der Waals surface area contributed by atoms with E-state index in [1.165, 1.54) is 12.1 Å². The van der Waals surface area contributed by atoms with Crippen molar-refractivity contribution in [1.82, 2.24) is 5.32 Å². The molecule has 0 bridgehead atoms. The zero-order valence-corrected chi connectivity index (χ0v) is 12.2. The van der Waals surface area contributed by atoms with Crippen molar-refractivity contribution < 1.29 is 19.7 Å². The lowest BCUT2D eigenvalue weighted by molar-refractivity contribution is -0.0170. The van der Waals surface area contributed by atoms with Gasteiger partial charge in [-0.15, -0.1) is 0 Å². The van der Waals surface area contributed by atoms with E-state index in [-0.39, 0.29) is 17.5 Å². The molecule has 1 aliphatic heterocycles. The zero-order chi connectivity index (χ0) is 14.9. The Labute approximate surface area is 126 Å². The lowest BCUT2D eigenvalue weighted by Gasteiger charge is -2.19. The Morgan fingerprint density at radius 1 is 1.40 bits per heavy atom. The number of halogens is 2. The lowest BCUT2D eigenvalue weighted by Crippen LogP contribution is -2.47. The molecule has 0 spiro atoms. The first-order chi connectivity index (χ1) is 9.43. The van der Waals surface area contributed by atoms with Crippen molar-refractivity contribution in [3.63, 3.8) is 0 Å². The second kappa shape index (κ2) is 6.28. The number of hydrogen-bond donors (Lipinski definition) is 3. The normalized spacial score (nSPS) is 29.4. The van der Waals surface area contributed by atoms with Crippen molar-refractivity contribution in [2.24, 2.45) is 0 Å². The van der Waals surface area contributed by atoms with E-state index >= 15 is 0 Å². The summed E-state index contributed by atoms with van der Waals surface area (Å²) in [5.74, 6) is -0.387. The second-order valence-electron chi connectivity index (χ2n) is 4.68. The molecule has 0 radical (unpaired) electrons. The number of nitrogens with one attached hydrogen (secondary N) is 1. The van der Waals surface area contributed by atoms with Gasteiger partial charge in [-0.05, 0) is 25.1 Å². The lowest BCUT2D eigenvalue weighted by atomic mass is 10.0. The Morgan fingerprint density at radius 2 is 2.10 bits per heavy atom. The third-order valence-electron chi connectivity index (χ3n) is 3.30. The molecule has 5 nitrogen and oxygen atoms in total. The molecule has 1 unspecified atom stereocenters. The second-order valence-corrected chi connectivity index (χ2v) is 5.50. The predicted molar refractivity (Wildman–Crippen MR) is 75.1 cm³/mol. The highest BCUT2D eigenvalue weighted by atomic mass is 35.5. The number of benzene rings is 1. The molecule has 0 saturated carbocycles. The SMILES string of the molecule is C[C@@H]1O[C@H](CO)[C@H](O)C1NC(=O)c1ccc(Cl)c(Cl)c1. The number of carbonyl (C=O) groups is 1. The van der Waals surface area contributed by atoms with Crippen LogP contribution in [0.2, 0.25) is 10.0 Å². The zero-order valence-electron chi connectivity index (χ0n) is 10.7. The maximum absolute atomic E-state index is 12.1. The van der Waals surface area contributed by atoms with Gasteiger partial charge in [0.1, 0.15) is 12.2 Å². The minimum Gasteiger partial charge on any atom is -0.394 e. The summed E-state index contributed by atoms with van der Waals surface area (Å²) < 4.78 is 5.35. The first-order valence-corrected chi connectivity index (χ1v) is 6.90. The molecular formula is C13H15Cl2NO4. The number of aliphatic hydroxyl groups excluding tert-OH is 2. The van der Waals surface area contributed by atoms with Gasteiger partial charge < -0.3 is 20.3 Å². The molecule has 0 aromatic heterocycles. The number of hydrogen-bond acceptors (Lipinski definition) is 4. The molecule has 0 aliphatic carbocycles. The topological polar surface area (TPSA) is 78.8 Å². The van der Waals surface area contributed by atoms with Gasteiger partial charge in [-0.1, -0.05) is 23.2 Å². The Balaban J connectivity index is 2.09. The van der Waals surface area contributed by atoms with E-state index in [0.717, 1.165) is 0 Å². The van der Waals surface area contributed by atoms with Crippen LogP contribution in [0.25, 0.3) is 0 Å². The summed E-state index contributed by atoms with van der Waals surface area (Å²) in [7, 11) is 0. The number of carbonyl (C=O) groups excluding carboxylic acids is 1. The number of aliphatic hydroxyl groups is 2. The van der Waals surface area contributed by atoms with Crippen LogP contribution in [0.3, 0.4) is 0 Å². The fourth-order valence-electron chi connectivity index (χ4n) is 2.18. The minimum absolute atomic E-state index is 0.281. The maximum atomic E-state index is 12.1. The molecule has 1 fully saturated rings. The summed E-state index contributed by atoms with van der Waals surface area (Å²) in [6, 6.07) is 3.93. The van der Waals surface area contributed by atoms with E-state index in [4.69, 9.17) is 33.0 Å². The summed E-state index contributed by atoms with van der Waals surface area (Å²) in [4.78, 5) is 12.1. The van der Waals surface area contributed by atoms with Crippen molar-refractivity contribution in [1.29, 1.82) is 0 Å². The molecule has 1 amide bonds. The van der Waals surface area contributed by atoms with Gasteiger partial charge in [0.15, 0.2) is 0 Å². The average Bonchev–Trinajstić information content (AvgIpc) is 2.69. The molecule has 1 heterocycles. The van der Waals surface area contributed by atoms with E-state index in [1.807, 2.05) is 0 Å². The van der Waals surface area contributed by atoms with Crippen LogP contribution in [-0.2, 0) is 4.74 Å². The average molecular weight is 320 g/mol. The fraction of sp³-hybridized carbons (Fsp3) is 0.462. The monoisotopic (exact) mass is 319 g/mol. The highest BCUT2D eigenvalue weighted by Crippen LogP contribution is 2.24. The first kappa shape index (κ1) is 15.5. The Hall–Kier alpha value is -0.850. The van der Waals surface area contributed by atoms with Crippen LogP contribution in [0.4, 0.5) is 0 Å². The van der Waals surface area contributed by atoms with Crippen LogP contribution in [0.15, 0.2) is 18.2 Å². The molecule has 1 saturated heterocycles. The third kappa shape index (κ3) is 3.07. The highest BCUT2D eigenvalue weighted by Gasteiger charge is 2.41. The molecule has 1 aliphatic rings. The van der Waals surface area contributed by atoms with Crippen LogP contribution in [0, 0.1) is 0 Å². The summed E-state index contributed by atoms with van der Waals surface area (Å²) in [6.07, 6.45) is -2.04. The van der Waals surface area contributed by atoms with Gasteiger partial charge in [-0.25, -0.2) is 0 Å². The van der Waals surface area contributed by atoms with Crippen molar-refractivity contribution in [2.45, 2.75) is 31.3 Å². The Morgan fingerprint density at radius 3 is 2.65 bits per heavy atom. The number of amides is 1. The van der Waals surface area contributed by atoms with E-state index in [0.29, 0.717) is 10.6 Å². The van der Waals surface area contributed by atoms with Crippen molar-refractivity contribution in [3.8, 4) is 0 Å². The molecule has 1 aromatic rings. The molecule has 3 N–H and O–H groups in total. The maximum Gasteiger partial charge on any atom is 0.251 e. The van der Waals surface area contributed by atoms with Crippen LogP contribution in [0.5, 0.6) is 0 Å². The van der Waals surface area contributed by atoms with Gasteiger partial charge in [0.05, 0.1) is 28.8 Å². The summed E-state index contributed by atoms with van der Waals surface area (Å²) >= 11 is 11.6. The smallest absolute Gasteiger partial charge is 0.251 e. The predicted octanol–water partition coefficient (Wildman–Crippen LogP) is 1.23. The van der Waals surface area contributed by atoms with Gasteiger partial charge in [-0.2, -0.15) is 0 Å². The van der Waals surface area contributed by atoms with Gasteiger partial charge >= 0.3 is 0 Å². The van der Waals surface area contributed by atoms with E-state index in [2.05, 4.69) is 5.32 Å². The summed E-state index contributed by atoms with van der Waals surface area (Å²) in [5, 5.41) is 22.3. The van der Waals surface area contributed by atoms with Crippen molar-refractivity contribution >= 4 is 29.1 Å². The van der Waals surface area contributed by atoms with Crippen molar-refractivity contribution in [2.75, 3.05) is 6.61 Å². The number of rotatable bonds is 3. The largest absolute Gasteiger partial charge is 0.394 e.